The molecule has 0 aromatic carbocycles. The van der Waals surface area contributed by atoms with Crippen molar-refractivity contribution in [3.63, 3.8) is 0 Å². The molecule has 0 aromatic heterocycles. The molecule has 0 saturated heterocycles. The number of methoxy groups -OCH3 is 1. The Labute approximate surface area is 143 Å². The van der Waals surface area contributed by atoms with Crippen LogP contribution in [-0.2, 0) is 23.9 Å². The Morgan fingerprint density at radius 2 is 1.38 bits per heavy atom. The van der Waals surface area contributed by atoms with Gasteiger partial charge in [0, 0.05) is 31.3 Å². The number of aliphatic carboxylic acids is 1. The zero-order valence-electron chi connectivity index (χ0n) is 14.6. The Balaban J connectivity index is -0.000000117. The quantitative estimate of drug-likeness (QED) is 0.329. The van der Waals surface area contributed by atoms with Gasteiger partial charge in [-0.15, -0.1) is 6.58 Å². The highest BCUT2D eigenvalue weighted by Gasteiger charge is 1.91. The van der Waals surface area contributed by atoms with Gasteiger partial charge < -0.3 is 19.7 Å². The molecule has 0 aromatic rings. The first kappa shape index (κ1) is 29.4. The van der Waals surface area contributed by atoms with Crippen molar-refractivity contribution in [3.05, 3.63) is 50.1 Å². The first-order valence-electron chi connectivity index (χ1n) is 6.70. The molecule has 0 saturated carbocycles. The van der Waals surface area contributed by atoms with Crippen molar-refractivity contribution in [3.8, 4) is 0 Å². The molecule has 0 unspecified atom stereocenters. The Hall–Kier alpha value is -2.67. The van der Waals surface area contributed by atoms with Crippen LogP contribution in [0, 0.1) is 0 Å². The number of hydrogen-bond donors (Lipinski definition) is 2. The third-order valence-electron chi connectivity index (χ3n) is 1.26. The monoisotopic (exact) mass is 344 g/mol. The fourth-order valence-corrected chi connectivity index (χ4v) is 0.380. The second-order valence-electron chi connectivity index (χ2n) is 3.93. The predicted octanol–water partition coefficient (Wildman–Crippen LogP) is 2.28. The molecule has 138 valence electrons. The van der Waals surface area contributed by atoms with Gasteiger partial charge in [-0.3, -0.25) is 0 Å². The third-order valence-corrected chi connectivity index (χ3v) is 1.26. The summed E-state index contributed by atoms with van der Waals surface area (Å²) in [6.07, 6.45) is 3.52. The van der Waals surface area contributed by atoms with Crippen LogP contribution < -0.4 is 0 Å². The summed E-state index contributed by atoms with van der Waals surface area (Å²) < 4.78 is 8.66. The van der Waals surface area contributed by atoms with Crippen molar-refractivity contribution in [2.45, 2.75) is 20.3 Å². The molecule has 0 aliphatic heterocycles. The van der Waals surface area contributed by atoms with Crippen LogP contribution >= 0.6 is 0 Å². The van der Waals surface area contributed by atoms with E-state index in [0.717, 1.165) is 18.2 Å². The molecule has 0 heterocycles. The molecule has 7 heteroatoms. The van der Waals surface area contributed by atoms with E-state index >= 15 is 0 Å². The van der Waals surface area contributed by atoms with Gasteiger partial charge in [0.05, 0.1) is 13.7 Å². The average Bonchev–Trinajstić information content (AvgIpc) is 2.54. The van der Waals surface area contributed by atoms with Gasteiger partial charge in [0.15, 0.2) is 0 Å². The maximum absolute atomic E-state index is 10.3. The summed E-state index contributed by atoms with van der Waals surface area (Å²) in [6, 6.07) is 0. The van der Waals surface area contributed by atoms with E-state index in [-0.39, 0.29) is 13.2 Å². The van der Waals surface area contributed by atoms with Gasteiger partial charge in [-0.05, 0) is 13.8 Å². The zero-order chi connectivity index (χ0) is 20.0. The lowest BCUT2D eigenvalue weighted by Gasteiger charge is -1.96. The van der Waals surface area contributed by atoms with Gasteiger partial charge in [0.1, 0.15) is 0 Å². The number of aliphatic hydroxyl groups is 1. The second kappa shape index (κ2) is 25.3. The van der Waals surface area contributed by atoms with Crippen LogP contribution in [0.25, 0.3) is 0 Å². The molecule has 0 amide bonds. The number of carboxylic acids is 1. The van der Waals surface area contributed by atoms with Crippen molar-refractivity contribution >= 4 is 17.9 Å². The minimum atomic E-state index is -0.981. The fraction of sp³-hybridized carbons (Fsp3) is 0.353. The van der Waals surface area contributed by atoms with Gasteiger partial charge in [-0.2, -0.15) is 0 Å². The topological polar surface area (TPSA) is 110 Å². The first-order chi connectivity index (χ1) is 11.1. The lowest BCUT2D eigenvalue weighted by Crippen LogP contribution is -2.02. The number of aliphatic hydroxyl groups excluding tert-OH is 1. The van der Waals surface area contributed by atoms with Crippen molar-refractivity contribution in [2.24, 2.45) is 0 Å². The number of carboxylic acid groups (broad SMARTS) is 1. The normalized spacial score (nSPS) is 7.33. The van der Waals surface area contributed by atoms with Crippen molar-refractivity contribution in [2.75, 3.05) is 20.3 Å². The molecule has 0 aliphatic carbocycles. The molecule has 0 spiro atoms. The van der Waals surface area contributed by atoms with E-state index < -0.39 is 17.9 Å². The predicted molar refractivity (Wildman–Crippen MR) is 93.4 cm³/mol. The molecule has 0 bridgehead atoms. The lowest BCUT2D eigenvalue weighted by molar-refractivity contribution is -0.138. The van der Waals surface area contributed by atoms with E-state index in [1.54, 1.807) is 0 Å². The number of ether oxygens (including phenoxy) is 2. The van der Waals surface area contributed by atoms with Crippen LogP contribution in [0.1, 0.15) is 20.3 Å². The highest BCUT2D eigenvalue weighted by atomic mass is 16.5. The number of esters is 2. The van der Waals surface area contributed by atoms with Gasteiger partial charge in [-0.1, -0.05) is 25.3 Å². The molecule has 0 rings (SSSR count). The van der Waals surface area contributed by atoms with Crippen LogP contribution in [-0.4, -0.2) is 48.4 Å². The zero-order valence-corrected chi connectivity index (χ0v) is 14.6. The minimum Gasteiger partial charge on any atom is -0.478 e. The minimum absolute atomic E-state index is 0.0461. The van der Waals surface area contributed by atoms with E-state index in [4.69, 9.17) is 10.2 Å². The highest BCUT2D eigenvalue weighted by Crippen LogP contribution is 1.82. The second-order valence-corrected chi connectivity index (χ2v) is 3.93. The van der Waals surface area contributed by atoms with Gasteiger partial charge in [-0.25, -0.2) is 14.4 Å². The summed E-state index contributed by atoms with van der Waals surface area (Å²) in [6.45, 7) is 17.1. The number of allylic oxidation sites excluding steroid dienone is 1. The molecule has 0 aliphatic rings. The lowest BCUT2D eigenvalue weighted by atomic mass is 10.4. The van der Waals surface area contributed by atoms with Crippen LogP contribution in [0.15, 0.2) is 50.1 Å². The summed E-state index contributed by atoms with van der Waals surface area (Å²) in [5.41, 5.74) is 1.17. The molecular formula is C17H28O7. The van der Waals surface area contributed by atoms with Gasteiger partial charge >= 0.3 is 17.9 Å². The molecule has 7 nitrogen and oxygen atoms in total. The molecule has 0 fully saturated rings. The number of carbonyl (C=O) groups is 3. The largest absolute Gasteiger partial charge is 0.478 e. The maximum atomic E-state index is 10.3. The van der Waals surface area contributed by atoms with E-state index in [1.807, 2.05) is 13.8 Å². The third kappa shape index (κ3) is 60.9. The molecule has 0 atom stereocenters. The van der Waals surface area contributed by atoms with Crippen molar-refractivity contribution in [1.29, 1.82) is 0 Å². The molecular weight excluding hydrogens is 316 g/mol. The Morgan fingerprint density at radius 1 is 1.00 bits per heavy atom. The van der Waals surface area contributed by atoms with Crippen LogP contribution in [0.3, 0.4) is 0 Å². The maximum Gasteiger partial charge on any atom is 0.330 e. The summed E-state index contributed by atoms with van der Waals surface area (Å²) in [4.78, 5) is 29.4. The SMILES string of the molecule is C=C(C)C.C=CC(=O)O.C=CC(=O)OC.C=CC(=O)OCCCO. The fourth-order valence-electron chi connectivity index (χ4n) is 0.380. The Bertz CT molecular complexity index is 394. The molecule has 0 radical (unpaired) electrons. The Morgan fingerprint density at radius 3 is 1.54 bits per heavy atom. The smallest absolute Gasteiger partial charge is 0.330 e. The van der Waals surface area contributed by atoms with Crippen LogP contribution in [0.4, 0.5) is 0 Å². The average molecular weight is 344 g/mol. The number of hydrogen-bond acceptors (Lipinski definition) is 6. The van der Waals surface area contributed by atoms with Crippen molar-refractivity contribution in [1.82, 2.24) is 0 Å². The van der Waals surface area contributed by atoms with E-state index in [2.05, 4.69) is 35.8 Å². The van der Waals surface area contributed by atoms with E-state index in [1.165, 1.54) is 12.7 Å². The van der Waals surface area contributed by atoms with Crippen molar-refractivity contribution < 1.29 is 34.1 Å². The molecule has 2 N–H and O–H groups in total. The summed E-state index contributed by atoms with van der Waals surface area (Å²) in [5, 5.41) is 15.8. The molecule has 24 heavy (non-hydrogen) atoms. The number of rotatable bonds is 6. The summed E-state index contributed by atoms with van der Waals surface area (Å²) in [5.74, 6) is -1.82. The summed E-state index contributed by atoms with van der Waals surface area (Å²) >= 11 is 0. The van der Waals surface area contributed by atoms with E-state index in [9.17, 15) is 14.4 Å². The Kier molecular flexibility index (Phi) is 30.9. The van der Waals surface area contributed by atoms with E-state index in [0.29, 0.717) is 6.42 Å². The highest BCUT2D eigenvalue weighted by molar-refractivity contribution is 5.81. The van der Waals surface area contributed by atoms with Crippen LogP contribution in [0.2, 0.25) is 0 Å². The summed E-state index contributed by atoms with van der Waals surface area (Å²) in [7, 11) is 1.31. The van der Waals surface area contributed by atoms with Gasteiger partial charge in [0.25, 0.3) is 0 Å². The standard InChI is InChI=1S/C6H10O3.C4H6O2.C4H8.C3H4O2/c1-2-6(8)9-5-3-4-7;1-3-4(5)6-2;1-4(2)3;1-2-3(4)5/h2,7H,1,3-5H2;3H,1H2,2H3;1H2,2-3H3;2H,1H2,(H,4,5). The number of carbonyl (C=O) groups excluding carboxylic acids is 2. The van der Waals surface area contributed by atoms with Crippen LogP contribution in [0.5, 0.6) is 0 Å². The van der Waals surface area contributed by atoms with Gasteiger partial charge in [0.2, 0.25) is 0 Å². The first-order valence-corrected chi connectivity index (χ1v) is 6.70.